The number of nitrogens with zero attached hydrogens (tertiary/aromatic N) is 4. The molecule has 0 spiro atoms. The van der Waals surface area contributed by atoms with Gasteiger partial charge in [-0.2, -0.15) is 4.68 Å². The smallest absolute Gasteiger partial charge is 0.170 e. The molecular formula is C11H11ClIN5. The van der Waals surface area contributed by atoms with Crippen molar-refractivity contribution in [3.63, 3.8) is 0 Å². The monoisotopic (exact) mass is 375 g/mol. The second-order valence-corrected chi connectivity index (χ2v) is 5.86. The lowest BCUT2D eigenvalue weighted by atomic mass is 10.3. The van der Waals surface area contributed by atoms with Crippen molar-refractivity contribution in [3.8, 4) is 5.69 Å². The van der Waals surface area contributed by atoms with E-state index in [1.165, 1.54) is 12.8 Å². The van der Waals surface area contributed by atoms with Gasteiger partial charge in [0.05, 0.1) is 12.2 Å². The fourth-order valence-electron chi connectivity index (χ4n) is 1.68. The summed E-state index contributed by atoms with van der Waals surface area (Å²) in [6, 6.07) is 6.32. The Morgan fingerprint density at radius 3 is 3.00 bits per heavy atom. The van der Waals surface area contributed by atoms with E-state index >= 15 is 0 Å². The Kier molecular flexibility index (Phi) is 3.49. The average molecular weight is 376 g/mol. The zero-order valence-corrected chi connectivity index (χ0v) is 12.4. The number of halogens is 2. The van der Waals surface area contributed by atoms with E-state index in [0.717, 1.165) is 15.1 Å². The van der Waals surface area contributed by atoms with Gasteiger partial charge >= 0.3 is 0 Å². The summed E-state index contributed by atoms with van der Waals surface area (Å²) in [5.74, 6) is 0.821. The Balaban J connectivity index is 1.88. The van der Waals surface area contributed by atoms with Crippen LogP contribution in [0.3, 0.4) is 0 Å². The summed E-state index contributed by atoms with van der Waals surface area (Å²) in [6.07, 6.45) is 2.50. The Bertz CT molecular complexity index is 566. The molecule has 0 bridgehead atoms. The van der Waals surface area contributed by atoms with Gasteiger partial charge in [-0.15, -0.1) is 5.10 Å². The lowest BCUT2D eigenvalue weighted by molar-refractivity contribution is 0.637. The van der Waals surface area contributed by atoms with E-state index < -0.39 is 0 Å². The number of hydrogen-bond donors (Lipinski definition) is 1. The van der Waals surface area contributed by atoms with Gasteiger partial charge in [-0.25, -0.2) is 0 Å². The number of aromatic nitrogens is 4. The molecule has 0 amide bonds. The first kappa shape index (κ1) is 12.3. The van der Waals surface area contributed by atoms with Crippen LogP contribution in [0.15, 0.2) is 18.2 Å². The Hall–Kier alpha value is -0.730. The summed E-state index contributed by atoms with van der Waals surface area (Å²) in [7, 11) is 0. The molecule has 2 aromatic rings. The van der Waals surface area contributed by atoms with Gasteiger partial charge in [0.15, 0.2) is 5.82 Å². The lowest BCUT2D eigenvalue weighted by Crippen LogP contribution is -2.19. The molecule has 18 heavy (non-hydrogen) atoms. The number of benzene rings is 1. The molecule has 94 valence electrons. The second-order valence-electron chi connectivity index (χ2n) is 4.26. The summed E-state index contributed by atoms with van der Waals surface area (Å²) in [5.41, 5.74) is 0.956. The maximum atomic E-state index is 5.95. The van der Waals surface area contributed by atoms with Crippen LogP contribution in [0.4, 0.5) is 0 Å². The van der Waals surface area contributed by atoms with Crippen LogP contribution in [-0.4, -0.2) is 26.2 Å². The predicted octanol–water partition coefficient (Wildman–Crippen LogP) is 2.17. The van der Waals surface area contributed by atoms with E-state index in [1.807, 2.05) is 18.2 Å². The van der Waals surface area contributed by atoms with Crippen LogP contribution < -0.4 is 5.32 Å². The first-order valence-corrected chi connectivity index (χ1v) is 7.16. The van der Waals surface area contributed by atoms with Crippen molar-refractivity contribution in [3.05, 3.63) is 32.6 Å². The van der Waals surface area contributed by atoms with Crippen LogP contribution >= 0.6 is 34.2 Å². The van der Waals surface area contributed by atoms with Crippen LogP contribution in [0.2, 0.25) is 5.02 Å². The van der Waals surface area contributed by atoms with Crippen molar-refractivity contribution in [1.82, 2.24) is 25.5 Å². The average Bonchev–Trinajstić information content (AvgIpc) is 3.06. The van der Waals surface area contributed by atoms with E-state index in [9.17, 15) is 0 Å². The van der Waals surface area contributed by atoms with Crippen molar-refractivity contribution in [2.45, 2.75) is 25.4 Å². The summed E-state index contributed by atoms with van der Waals surface area (Å²) < 4.78 is 2.79. The Morgan fingerprint density at radius 2 is 2.28 bits per heavy atom. The van der Waals surface area contributed by atoms with Crippen molar-refractivity contribution < 1.29 is 0 Å². The van der Waals surface area contributed by atoms with E-state index in [0.29, 0.717) is 17.6 Å². The molecule has 1 saturated carbocycles. The summed E-state index contributed by atoms with van der Waals surface area (Å²) in [4.78, 5) is 0. The standard InChI is InChI=1S/C11H11ClIN5/c12-7-1-4-10(9(13)5-7)18-11(15-16-17-18)6-14-8-2-3-8/h1,4-5,8,14H,2-3,6H2. The third kappa shape index (κ3) is 2.65. The van der Waals surface area contributed by atoms with Crippen molar-refractivity contribution in [2.24, 2.45) is 0 Å². The summed E-state index contributed by atoms with van der Waals surface area (Å²) in [6.45, 7) is 0.691. The fourth-order valence-corrected chi connectivity index (χ4v) is 2.78. The fraction of sp³-hybridized carbons (Fsp3) is 0.364. The molecule has 1 aliphatic carbocycles. The van der Waals surface area contributed by atoms with Gasteiger partial charge in [0.1, 0.15) is 0 Å². The summed E-state index contributed by atoms with van der Waals surface area (Å²) in [5, 5.41) is 16.0. The van der Waals surface area contributed by atoms with Crippen molar-refractivity contribution >= 4 is 34.2 Å². The number of rotatable bonds is 4. The Morgan fingerprint density at radius 1 is 1.44 bits per heavy atom. The highest BCUT2D eigenvalue weighted by Crippen LogP contribution is 2.22. The van der Waals surface area contributed by atoms with Gasteiger partial charge in [0.2, 0.25) is 0 Å². The highest BCUT2D eigenvalue weighted by atomic mass is 127. The van der Waals surface area contributed by atoms with Crippen LogP contribution in [0, 0.1) is 3.57 Å². The van der Waals surface area contributed by atoms with Crippen LogP contribution in [0.25, 0.3) is 5.69 Å². The SMILES string of the molecule is Clc1ccc(-n2nnnc2CNC2CC2)c(I)c1. The molecule has 0 unspecified atom stereocenters. The van der Waals surface area contributed by atoms with E-state index in [1.54, 1.807) is 4.68 Å². The minimum Gasteiger partial charge on any atom is -0.307 e. The molecule has 0 saturated heterocycles. The van der Waals surface area contributed by atoms with Crippen molar-refractivity contribution in [2.75, 3.05) is 0 Å². The lowest BCUT2D eigenvalue weighted by Gasteiger charge is -2.07. The molecule has 1 heterocycles. The van der Waals surface area contributed by atoms with Crippen LogP contribution in [0.5, 0.6) is 0 Å². The summed E-state index contributed by atoms with van der Waals surface area (Å²) >= 11 is 8.19. The third-order valence-corrected chi connectivity index (χ3v) is 3.90. The molecule has 0 radical (unpaired) electrons. The molecule has 0 aliphatic heterocycles. The van der Waals surface area contributed by atoms with E-state index in [-0.39, 0.29) is 0 Å². The molecule has 1 N–H and O–H groups in total. The molecule has 1 fully saturated rings. The highest BCUT2D eigenvalue weighted by Gasteiger charge is 2.21. The van der Waals surface area contributed by atoms with E-state index in [2.05, 4.69) is 43.4 Å². The third-order valence-electron chi connectivity index (χ3n) is 2.80. The molecule has 3 rings (SSSR count). The zero-order valence-electron chi connectivity index (χ0n) is 9.48. The largest absolute Gasteiger partial charge is 0.307 e. The van der Waals surface area contributed by atoms with Gasteiger partial charge in [-0.3, -0.25) is 0 Å². The van der Waals surface area contributed by atoms with Crippen LogP contribution in [-0.2, 0) is 6.54 Å². The van der Waals surface area contributed by atoms with Gasteiger partial charge in [-0.1, -0.05) is 11.6 Å². The van der Waals surface area contributed by atoms with Gasteiger partial charge in [0, 0.05) is 14.6 Å². The molecule has 1 aromatic heterocycles. The molecule has 0 atom stereocenters. The zero-order chi connectivity index (χ0) is 12.5. The number of nitrogens with one attached hydrogen (secondary N) is 1. The molecule has 5 nitrogen and oxygen atoms in total. The van der Waals surface area contributed by atoms with Gasteiger partial charge in [-0.05, 0) is 64.1 Å². The Labute approximate surface area is 123 Å². The second kappa shape index (κ2) is 5.10. The predicted molar refractivity (Wildman–Crippen MR) is 76.7 cm³/mol. The molecular weight excluding hydrogens is 365 g/mol. The molecule has 7 heteroatoms. The first-order valence-electron chi connectivity index (χ1n) is 5.70. The van der Waals surface area contributed by atoms with Crippen LogP contribution in [0.1, 0.15) is 18.7 Å². The number of hydrogen-bond acceptors (Lipinski definition) is 4. The van der Waals surface area contributed by atoms with Gasteiger partial charge < -0.3 is 5.32 Å². The molecule has 1 aromatic carbocycles. The molecule has 1 aliphatic rings. The maximum absolute atomic E-state index is 5.95. The maximum Gasteiger partial charge on any atom is 0.170 e. The quantitative estimate of drug-likeness (QED) is 0.832. The van der Waals surface area contributed by atoms with Crippen molar-refractivity contribution in [1.29, 1.82) is 0 Å². The minimum absolute atomic E-state index is 0.638. The minimum atomic E-state index is 0.638. The van der Waals surface area contributed by atoms with Gasteiger partial charge in [0.25, 0.3) is 0 Å². The topological polar surface area (TPSA) is 55.6 Å². The highest BCUT2D eigenvalue weighted by molar-refractivity contribution is 14.1. The number of tetrazole rings is 1. The van der Waals surface area contributed by atoms with E-state index in [4.69, 9.17) is 11.6 Å². The first-order chi connectivity index (χ1) is 8.74. The normalized spacial score (nSPS) is 15.0.